The van der Waals surface area contributed by atoms with Gasteiger partial charge < -0.3 is 14.8 Å². The number of hydrogen-bond donors (Lipinski definition) is 1. The summed E-state index contributed by atoms with van der Waals surface area (Å²) in [6.45, 7) is 5.93. The Bertz CT molecular complexity index is 753. The Morgan fingerprint density at radius 2 is 2.07 bits per heavy atom. The van der Waals surface area contributed by atoms with E-state index in [1.807, 2.05) is 19.9 Å². The lowest BCUT2D eigenvalue weighted by Crippen LogP contribution is -2.41. The number of halogens is 1. The average molecular weight is 391 g/mol. The van der Waals surface area contributed by atoms with Crippen LogP contribution in [0.4, 0.5) is 0 Å². The molecule has 2 atom stereocenters. The van der Waals surface area contributed by atoms with Gasteiger partial charge >= 0.3 is 0 Å². The van der Waals surface area contributed by atoms with Crippen LogP contribution in [0.1, 0.15) is 52.0 Å². The molecule has 1 fully saturated rings. The SMILES string of the molecule is COc1cc(/C=C(\C#N)C(=O)N[C@@H]2CCCC[C@H]2C)cc(Cl)c1OC(C)C. The normalized spacial score (nSPS) is 20.1. The van der Waals surface area contributed by atoms with Crippen LogP contribution in [0.2, 0.25) is 5.02 Å². The molecular formula is C21H27ClN2O3. The first kappa shape index (κ1) is 21.1. The van der Waals surface area contributed by atoms with Gasteiger partial charge in [0.15, 0.2) is 11.5 Å². The van der Waals surface area contributed by atoms with Gasteiger partial charge in [0, 0.05) is 6.04 Å². The minimum Gasteiger partial charge on any atom is -0.493 e. The largest absolute Gasteiger partial charge is 0.493 e. The zero-order valence-electron chi connectivity index (χ0n) is 16.3. The van der Waals surface area contributed by atoms with Gasteiger partial charge in [0.2, 0.25) is 0 Å². The number of nitrogens with zero attached hydrogens (tertiary/aromatic N) is 1. The minimum atomic E-state index is -0.353. The monoisotopic (exact) mass is 390 g/mol. The number of nitriles is 1. The van der Waals surface area contributed by atoms with Gasteiger partial charge in [-0.1, -0.05) is 31.4 Å². The van der Waals surface area contributed by atoms with Crippen LogP contribution in [0, 0.1) is 17.2 Å². The predicted molar refractivity (Wildman–Crippen MR) is 107 cm³/mol. The van der Waals surface area contributed by atoms with E-state index in [9.17, 15) is 10.1 Å². The molecule has 1 saturated carbocycles. The number of benzene rings is 1. The molecule has 146 valence electrons. The molecule has 2 rings (SSSR count). The fraction of sp³-hybridized carbons (Fsp3) is 0.524. The van der Waals surface area contributed by atoms with E-state index in [4.69, 9.17) is 21.1 Å². The van der Waals surface area contributed by atoms with Crippen LogP contribution < -0.4 is 14.8 Å². The third-order valence-electron chi connectivity index (χ3n) is 4.71. The molecule has 1 aliphatic rings. The second kappa shape index (κ2) is 9.66. The summed E-state index contributed by atoms with van der Waals surface area (Å²) in [5.74, 6) is 0.977. The Morgan fingerprint density at radius 3 is 2.67 bits per heavy atom. The first-order chi connectivity index (χ1) is 12.8. The third kappa shape index (κ3) is 5.64. The number of rotatable bonds is 6. The fourth-order valence-corrected chi connectivity index (χ4v) is 3.53. The number of carbonyl (C=O) groups is 1. The molecule has 6 heteroatoms. The van der Waals surface area contributed by atoms with Crippen LogP contribution in [-0.2, 0) is 4.79 Å². The average Bonchev–Trinajstić information content (AvgIpc) is 2.63. The van der Waals surface area contributed by atoms with Crippen molar-refractivity contribution in [1.29, 1.82) is 5.26 Å². The van der Waals surface area contributed by atoms with E-state index in [0.717, 1.165) is 19.3 Å². The van der Waals surface area contributed by atoms with Gasteiger partial charge in [-0.3, -0.25) is 4.79 Å². The standard InChI is InChI=1S/C21H27ClN2O3/c1-13(2)27-20-17(22)10-15(11-19(20)26-4)9-16(12-23)21(25)24-18-8-6-5-7-14(18)3/h9-11,13-14,18H,5-8H2,1-4H3,(H,24,25)/b16-9+/t14-,18-/m1/s1. The Hall–Kier alpha value is -2.19. The van der Waals surface area contributed by atoms with E-state index >= 15 is 0 Å². The van der Waals surface area contributed by atoms with Crippen molar-refractivity contribution in [2.45, 2.75) is 58.6 Å². The molecular weight excluding hydrogens is 364 g/mol. The molecule has 5 nitrogen and oxygen atoms in total. The lowest BCUT2D eigenvalue weighted by Gasteiger charge is -2.29. The van der Waals surface area contributed by atoms with E-state index < -0.39 is 0 Å². The Balaban J connectivity index is 2.24. The molecule has 1 amide bonds. The minimum absolute atomic E-state index is 0.0448. The van der Waals surface area contributed by atoms with Crippen molar-refractivity contribution in [3.05, 3.63) is 28.3 Å². The highest BCUT2D eigenvalue weighted by Crippen LogP contribution is 2.37. The molecule has 27 heavy (non-hydrogen) atoms. The second-order valence-electron chi connectivity index (χ2n) is 7.21. The molecule has 0 aliphatic heterocycles. The van der Waals surface area contributed by atoms with Crippen molar-refractivity contribution in [1.82, 2.24) is 5.32 Å². The van der Waals surface area contributed by atoms with Crippen molar-refractivity contribution in [3.63, 3.8) is 0 Å². The molecule has 1 N–H and O–H groups in total. The fourth-order valence-electron chi connectivity index (χ4n) is 3.27. The number of hydrogen-bond acceptors (Lipinski definition) is 4. The maximum Gasteiger partial charge on any atom is 0.262 e. The van der Waals surface area contributed by atoms with Gasteiger partial charge in [0.25, 0.3) is 5.91 Å². The van der Waals surface area contributed by atoms with Crippen molar-refractivity contribution in [3.8, 4) is 17.6 Å². The van der Waals surface area contributed by atoms with E-state index in [-0.39, 0.29) is 23.6 Å². The summed E-state index contributed by atoms with van der Waals surface area (Å²) in [4.78, 5) is 12.6. The highest BCUT2D eigenvalue weighted by molar-refractivity contribution is 6.32. The molecule has 0 spiro atoms. The molecule has 0 bridgehead atoms. The number of carbonyl (C=O) groups excluding carboxylic acids is 1. The van der Waals surface area contributed by atoms with Gasteiger partial charge in [-0.15, -0.1) is 0 Å². The van der Waals surface area contributed by atoms with E-state index in [0.29, 0.717) is 28.0 Å². The molecule has 1 aromatic carbocycles. The third-order valence-corrected chi connectivity index (χ3v) is 4.99. The summed E-state index contributed by atoms with van der Waals surface area (Å²) in [5, 5.41) is 12.8. The topological polar surface area (TPSA) is 71.3 Å². The number of amides is 1. The van der Waals surface area contributed by atoms with Crippen LogP contribution in [0.25, 0.3) is 6.08 Å². The smallest absolute Gasteiger partial charge is 0.262 e. The number of nitrogens with one attached hydrogen (secondary N) is 1. The zero-order chi connectivity index (χ0) is 20.0. The maximum atomic E-state index is 12.6. The van der Waals surface area contributed by atoms with Crippen LogP contribution in [0.5, 0.6) is 11.5 Å². The van der Waals surface area contributed by atoms with Crippen molar-refractivity contribution < 1.29 is 14.3 Å². The van der Waals surface area contributed by atoms with Gasteiger partial charge in [-0.2, -0.15) is 5.26 Å². The van der Waals surface area contributed by atoms with E-state index in [1.165, 1.54) is 19.6 Å². The molecule has 0 radical (unpaired) electrons. The van der Waals surface area contributed by atoms with Crippen LogP contribution >= 0.6 is 11.6 Å². The molecule has 0 saturated heterocycles. The first-order valence-electron chi connectivity index (χ1n) is 9.32. The van der Waals surface area contributed by atoms with E-state index in [1.54, 1.807) is 12.1 Å². The first-order valence-corrected chi connectivity index (χ1v) is 9.70. The highest BCUT2D eigenvalue weighted by Gasteiger charge is 2.24. The van der Waals surface area contributed by atoms with E-state index in [2.05, 4.69) is 12.2 Å². The molecule has 0 aromatic heterocycles. The summed E-state index contributed by atoms with van der Waals surface area (Å²) >= 11 is 6.32. The molecule has 1 aliphatic carbocycles. The summed E-state index contributed by atoms with van der Waals surface area (Å²) in [5.41, 5.74) is 0.653. The van der Waals surface area contributed by atoms with Gasteiger partial charge in [0.1, 0.15) is 11.6 Å². The summed E-state index contributed by atoms with van der Waals surface area (Å²) in [6, 6.07) is 5.47. The van der Waals surface area contributed by atoms with Crippen LogP contribution in [0.3, 0.4) is 0 Å². The lowest BCUT2D eigenvalue weighted by molar-refractivity contribution is -0.118. The van der Waals surface area contributed by atoms with Crippen LogP contribution in [-0.4, -0.2) is 25.2 Å². The van der Waals surface area contributed by atoms with Crippen molar-refractivity contribution in [2.24, 2.45) is 5.92 Å². The van der Waals surface area contributed by atoms with Crippen molar-refractivity contribution in [2.75, 3.05) is 7.11 Å². The number of ether oxygens (including phenoxy) is 2. The van der Waals surface area contributed by atoms with Gasteiger partial charge in [-0.25, -0.2) is 0 Å². The molecule has 0 heterocycles. The quantitative estimate of drug-likeness (QED) is 0.562. The zero-order valence-corrected chi connectivity index (χ0v) is 17.1. The Labute approximate surface area is 166 Å². The van der Waals surface area contributed by atoms with Crippen LogP contribution in [0.15, 0.2) is 17.7 Å². The summed E-state index contributed by atoms with van der Waals surface area (Å²) in [6.07, 6.45) is 5.81. The van der Waals surface area contributed by atoms with Gasteiger partial charge in [0.05, 0.1) is 18.2 Å². The van der Waals surface area contributed by atoms with Gasteiger partial charge in [-0.05, 0) is 56.4 Å². The lowest BCUT2D eigenvalue weighted by atomic mass is 9.86. The summed E-state index contributed by atoms with van der Waals surface area (Å²) in [7, 11) is 1.52. The maximum absolute atomic E-state index is 12.6. The Kier molecular flexibility index (Phi) is 7.55. The highest BCUT2D eigenvalue weighted by atomic mass is 35.5. The van der Waals surface area contributed by atoms with Crippen molar-refractivity contribution >= 4 is 23.6 Å². The summed E-state index contributed by atoms with van der Waals surface area (Å²) < 4.78 is 11.0. The predicted octanol–water partition coefficient (Wildman–Crippen LogP) is 4.74. The second-order valence-corrected chi connectivity index (χ2v) is 7.62. The molecule has 1 aromatic rings. The number of methoxy groups -OCH3 is 1. The Morgan fingerprint density at radius 1 is 1.37 bits per heavy atom. The molecule has 0 unspecified atom stereocenters.